The SMILES string of the molecule is CCCNCC(C)(C)Cc1ccc(C(C)C)cc1. The van der Waals surface area contributed by atoms with Crippen LogP contribution in [0.15, 0.2) is 24.3 Å². The van der Waals surface area contributed by atoms with E-state index >= 15 is 0 Å². The molecule has 0 atom stereocenters. The molecule has 0 aromatic heterocycles. The summed E-state index contributed by atoms with van der Waals surface area (Å²) in [6.45, 7) is 13.6. The fraction of sp³-hybridized carbons (Fsp3) is 0.647. The van der Waals surface area contributed by atoms with E-state index in [2.05, 4.69) is 64.2 Å². The molecule has 0 heterocycles. The van der Waals surface area contributed by atoms with E-state index in [0.717, 1.165) is 19.5 Å². The number of nitrogens with one attached hydrogen (secondary N) is 1. The standard InChI is InChI=1S/C17H29N/c1-6-11-18-13-17(4,5)12-15-7-9-16(10-8-15)14(2)3/h7-10,14,18H,6,11-13H2,1-5H3. The summed E-state index contributed by atoms with van der Waals surface area (Å²) in [7, 11) is 0. The van der Waals surface area contributed by atoms with Gasteiger partial charge in [-0.1, -0.05) is 58.9 Å². The van der Waals surface area contributed by atoms with E-state index in [1.54, 1.807) is 0 Å². The Bertz CT molecular complexity index is 335. The lowest BCUT2D eigenvalue weighted by molar-refractivity contribution is 0.339. The Labute approximate surface area is 113 Å². The molecule has 102 valence electrons. The Morgan fingerprint density at radius 1 is 1.11 bits per heavy atom. The number of hydrogen-bond donors (Lipinski definition) is 1. The topological polar surface area (TPSA) is 12.0 Å². The Morgan fingerprint density at radius 2 is 1.72 bits per heavy atom. The zero-order valence-electron chi connectivity index (χ0n) is 12.7. The molecule has 0 saturated heterocycles. The normalized spacial score (nSPS) is 12.1. The van der Waals surface area contributed by atoms with Crippen LogP contribution in [0.4, 0.5) is 0 Å². The van der Waals surface area contributed by atoms with Crippen molar-refractivity contribution in [1.29, 1.82) is 0 Å². The average molecular weight is 247 g/mol. The van der Waals surface area contributed by atoms with Gasteiger partial charge in [-0.2, -0.15) is 0 Å². The van der Waals surface area contributed by atoms with Crippen molar-refractivity contribution in [2.45, 2.75) is 53.4 Å². The molecule has 1 rings (SSSR count). The summed E-state index contributed by atoms with van der Waals surface area (Å²) >= 11 is 0. The predicted octanol–water partition coefficient (Wildman–Crippen LogP) is 4.38. The molecule has 1 heteroatoms. The third-order valence-corrected chi connectivity index (χ3v) is 3.36. The van der Waals surface area contributed by atoms with Crippen LogP contribution < -0.4 is 5.32 Å². The van der Waals surface area contributed by atoms with Gasteiger partial charge in [0.15, 0.2) is 0 Å². The van der Waals surface area contributed by atoms with Gasteiger partial charge < -0.3 is 5.32 Å². The molecule has 0 aliphatic rings. The maximum absolute atomic E-state index is 3.53. The lowest BCUT2D eigenvalue weighted by Crippen LogP contribution is -2.31. The molecule has 1 aromatic carbocycles. The molecule has 0 unspecified atom stereocenters. The quantitative estimate of drug-likeness (QED) is 0.705. The zero-order chi connectivity index (χ0) is 13.6. The summed E-state index contributed by atoms with van der Waals surface area (Å²) in [5, 5.41) is 3.53. The molecular formula is C17H29N. The molecule has 0 spiro atoms. The summed E-state index contributed by atoms with van der Waals surface area (Å²) in [4.78, 5) is 0. The molecular weight excluding hydrogens is 218 g/mol. The van der Waals surface area contributed by atoms with Gasteiger partial charge in [0.05, 0.1) is 0 Å². The first-order valence-corrected chi connectivity index (χ1v) is 7.24. The van der Waals surface area contributed by atoms with Crippen LogP contribution >= 0.6 is 0 Å². The summed E-state index contributed by atoms with van der Waals surface area (Å²) < 4.78 is 0. The lowest BCUT2D eigenvalue weighted by atomic mass is 9.85. The summed E-state index contributed by atoms with van der Waals surface area (Å²) in [5.41, 5.74) is 3.21. The minimum atomic E-state index is 0.328. The van der Waals surface area contributed by atoms with E-state index in [1.807, 2.05) is 0 Å². The fourth-order valence-electron chi connectivity index (χ4n) is 2.24. The summed E-state index contributed by atoms with van der Waals surface area (Å²) in [5.74, 6) is 0.623. The van der Waals surface area contributed by atoms with E-state index in [1.165, 1.54) is 17.5 Å². The van der Waals surface area contributed by atoms with Crippen LogP contribution in [0.5, 0.6) is 0 Å². The van der Waals surface area contributed by atoms with Gasteiger partial charge in [-0.25, -0.2) is 0 Å². The van der Waals surface area contributed by atoms with E-state index in [4.69, 9.17) is 0 Å². The first kappa shape index (κ1) is 15.2. The van der Waals surface area contributed by atoms with Crippen LogP contribution in [0.3, 0.4) is 0 Å². The van der Waals surface area contributed by atoms with Gasteiger partial charge >= 0.3 is 0 Å². The Morgan fingerprint density at radius 3 is 2.22 bits per heavy atom. The third-order valence-electron chi connectivity index (χ3n) is 3.36. The van der Waals surface area contributed by atoms with Crippen LogP contribution in [0.25, 0.3) is 0 Å². The van der Waals surface area contributed by atoms with Crippen molar-refractivity contribution in [2.75, 3.05) is 13.1 Å². The van der Waals surface area contributed by atoms with E-state index in [9.17, 15) is 0 Å². The second-order valence-electron chi connectivity index (χ2n) is 6.41. The third kappa shape index (κ3) is 5.22. The largest absolute Gasteiger partial charge is 0.316 e. The Balaban J connectivity index is 2.55. The van der Waals surface area contributed by atoms with Crippen molar-refractivity contribution in [3.63, 3.8) is 0 Å². The number of rotatable bonds is 7. The van der Waals surface area contributed by atoms with Gasteiger partial charge in [0.2, 0.25) is 0 Å². The molecule has 0 saturated carbocycles. The predicted molar refractivity (Wildman–Crippen MR) is 81.2 cm³/mol. The van der Waals surface area contributed by atoms with Crippen LogP contribution in [-0.2, 0) is 6.42 Å². The van der Waals surface area contributed by atoms with Gasteiger partial charge in [-0.3, -0.25) is 0 Å². The second-order valence-corrected chi connectivity index (χ2v) is 6.41. The first-order valence-electron chi connectivity index (χ1n) is 7.24. The van der Waals surface area contributed by atoms with Crippen LogP contribution in [-0.4, -0.2) is 13.1 Å². The Kier molecular flexibility index (Phi) is 5.87. The van der Waals surface area contributed by atoms with Crippen molar-refractivity contribution in [1.82, 2.24) is 5.32 Å². The molecule has 0 amide bonds. The minimum absolute atomic E-state index is 0.328. The minimum Gasteiger partial charge on any atom is -0.316 e. The van der Waals surface area contributed by atoms with Crippen LogP contribution in [0.2, 0.25) is 0 Å². The first-order chi connectivity index (χ1) is 8.44. The van der Waals surface area contributed by atoms with Gasteiger partial charge in [0, 0.05) is 6.54 Å². The lowest BCUT2D eigenvalue weighted by Gasteiger charge is -2.25. The van der Waals surface area contributed by atoms with E-state index < -0.39 is 0 Å². The molecule has 0 aliphatic carbocycles. The van der Waals surface area contributed by atoms with Crippen LogP contribution in [0, 0.1) is 5.41 Å². The van der Waals surface area contributed by atoms with Crippen molar-refractivity contribution >= 4 is 0 Å². The summed E-state index contributed by atoms with van der Waals surface area (Å²) in [6, 6.07) is 9.12. The number of benzene rings is 1. The molecule has 0 fully saturated rings. The molecule has 1 aromatic rings. The smallest absolute Gasteiger partial charge is 0.000570 e. The zero-order valence-corrected chi connectivity index (χ0v) is 12.7. The van der Waals surface area contributed by atoms with Crippen LogP contribution in [0.1, 0.15) is 58.1 Å². The van der Waals surface area contributed by atoms with E-state index in [-0.39, 0.29) is 0 Å². The van der Waals surface area contributed by atoms with Gasteiger partial charge in [0.25, 0.3) is 0 Å². The maximum atomic E-state index is 3.53. The summed E-state index contributed by atoms with van der Waals surface area (Å²) in [6.07, 6.45) is 2.35. The maximum Gasteiger partial charge on any atom is 0.000570 e. The van der Waals surface area contributed by atoms with Crippen molar-refractivity contribution in [3.8, 4) is 0 Å². The molecule has 0 radical (unpaired) electrons. The average Bonchev–Trinajstić information content (AvgIpc) is 2.29. The molecule has 1 nitrogen and oxygen atoms in total. The Hall–Kier alpha value is -0.820. The molecule has 1 N–H and O–H groups in total. The van der Waals surface area contributed by atoms with Gasteiger partial charge in [0.1, 0.15) is 0 Å². The molecule has 0 aliphatic heterocycles. The van der Waals surface area contributed by atoms with Gasteiger partial charge in [-0.15, -0.1) is 0 Å². The van der Waals surface area contributed by atoms with Crippen molar-refractivity contribution < 1.29 is 0 Å². The van der Waals surface area contributed by atoms with E-state index in [0.29, 0.717) is 11.3 Å². The highest BCUT2D eigenvalue weighted by Gasteiger charge is 2.17. The number of hydrogen-bond acceptors (Lipinski definition) is 1. The highest BCUT2D eigenvalue weighted by atomic mass is 14.9. The van der Waals surface area contributed by atoms with Crippen molar-refractivity contribution in [2.24, 2.45) is 5.41 Å². The fourth-order valence-corrected chi connectivity index (χ4v) is 2.24. The highest BCUT2D eigenvalue weighted by molar-refractivity contribution is 5.25. The molecule has 0 bridgehead atoms. The molecule has 18 heavy (non-hydrogen) atoms. The highest BCUT2D eigenvalue weighted by Crippen LogP contribution is 2.22. The van der Waals surface area contributed by atoms with Crippen molar-refractivity contribution in [3.05, 3.63) is 35.4 Å². The second kappa shape index (κ2) is 6.94. The van der Waals surface area contributed by atoms with Gasteiger partial charge in [-0.05, 0) is 41.8 Å². The monoisotopic (exact) mass is 247 g/mol.